The summed E-state index contributed by atoms with van der Waals surface area (Å²) in [4.78, 5) is 62.5. The van der Waals surface area contributed by atoms with Crippen molar-refractivity contribution in [3.05, 3.63) is 59.0 Å². The van der Waals surface area contributed by atoms with Crippen LogP contribution in [0.3, 0.4) is 0 Å². The average Bonchev–Trinajstić information content (AvgIpc) is 3.36. The molecule has 2 heterocycles. The van der Waals surface area contributed by atoms with Gasteiger partial charge in [-0.25, -0.2) is 0 Å². The molecule has 3 N–H and O–H groups in total. The Labute approximate surface area is 252 Å². The summed E-state index contributed by atoms with van der Waals surface area (Å²) in [6.45, 7) is 3.63. The molecular weight excluding hydrogens is 582 g/mol. The summed E-state index contributed by atoms with van der Waals surface area (Å²) in [7, 11) is 0. The van der Waals surface area contributed by atoms with E-state index in [0.29, 0.717) is 59.4 Å². The lowest BCUT2D eigenvalue weighted by Gasteiger charge is -2.17. The summed E-state index contributed by atoms with van der Waals surface area (Å²) in [5.41, 5.74) is 1.93. The lowest BCUT2D eigenvalue weighted by atomic mass is 10.1. The molecule has 2 aromatic carbocycles. The molecule has 2 aromatic rings. The summed E-state index contributed by atoms with van der Waals surface area (Å²) in [6.07, 6.45) is 1.85. The van der Waals surface area contributed by atoms with E-state index in [2.05, 4.69) is 5.32 Å². The molecule has 0 aromatic heterocycles. The Morgan fingerprint density at radius 3 is 2.26 bits per heavy atom. The Balaban J connectivity index is 0.00000114. The van der Waals surface area contributed by atoms with E-state index in [1.807, 2.05) is 6.92 Å². The van der Waals surface area contributed by atoms with Crippen molar-refractivity contribution in [3.63, 3.8) is 0 Å². The largest absolute Gasteiger partial charge is 0.494 e. The van der Waals surface area contributed by atoms with Crippen LogP contribution >= 0.6 is 24.0 Å². The second-order valence-electron chi connectivity index (χ2n) is 9.17. The number of carboxylic acid groups (broad SMARTS) is 2. The predicted molar refractivity (Wildman–Crippen MR) is 163 cm³/mol. The molecule has 1 saturated heterocycles. The van der Waals surface area contributed by atoms with Crippen LogP contribution in [0.15, 0.2) is 53.4 Å². The van der Waals surface area contributed by atoms with E-state index in [-0.39, 0.29) is 35.3 Å². The maximum atomic E-state index is 13.6. The van der Waals surface area contributed by atoms with Crippen molar-refractivity contribution >= 4 is 74.9 Å². The standard InChI is InChI=1S/C27H27N3O6S2.C2H4O2/c1-2-36-18-13-11-17(12-14-18)28-21(31)16-30-20-9-6-5-8-19(20)23(25(30)34)24-26(35)29(27(37)38-24)15-7-3-4-10-22(32)33;1-2(3)4/h5-6,8-9,11-14H,2-4,7,10,15-16H2,1H3,(H,28,31)(H,32,33);1H3,(H,3,4). The van der Waals surface area contributed by atoms with Gasteiger partial charge in [0.25, 0.3) is 17.8 Å². The van der Waals surface area contributed by atoms with E-state index < -0.39 is 17.8 Å². The summed E-state index contributed by atoms with van der Waals surface area (Å²) in [6, 6.07) is 14.0. The Kier molecular flexibility index (Phi) is 11.6. The molecule has 0 bridgehead atoms. The number of hydrogen-bond acceptors (Lipinski definition) is 8. The summed E-state index contributed by atoms with van der Waals surface area (Å²) >= 11 is 6.50. The molecule has 13 heteroatoms. The van der Waals surface area contributed by atoms with Crippen molar-refractivity contribution in [3.8, 4) is 5.75 Å². The number of fused-ring (bicyclic) bond motifs is 1. The van der Waals surface area contributed by atoms with Crippen LogP contribution in [0.1, 0.15) is 45.1 Å². The van der Waals surface area contributed by atoms with Gasteiger partial charge >= 0.3 is 5.97 Å². The molecule has 42 heavy (non-hydrogen) atoms. The van der Waals surface area contributed by atoms with Gasteiger partial charge in [0.1, 0.15) is 16.6 Å². The van der Waals surface area contributed by atoms with Crippen LogP contribution in [0.5, 0.6) is 5.75 Å². The van der Waals surface area contributed by atoms with E-state index >= 15 is 0 Å². The molecule has 2 aliphatic heterocycles. The van der Waals surface area contributed by atoms with E-state index in [1.54, 1.807) is 48.5 Å². The monoisotopic (exact) mass is 613 g/mol. The van der Waals surface area contributed by atoms with E-state index in [4.69, 9.17) is 32.0 Å². The topological polar surface area (TPSA) is 154 Å². The highest BCUT2D eigenvalue weighted by molar-refractivity contribution is 8.26. The molecule has 2 aliphatic rings. The van der Waals surface area contributed by atoms with E-state index in [0.717, 1.165) is 18.7 Å². The first-order valence-corrected chi connectivity index (χ1v) is 14.4. The second kappa shape index (κ2) is 15.1. The van der Waals surface area contributed by atoms with Crippen LogP contribution in [0, 0.1) is 0 Å². The van der Waals surface area contributed by atoms with Crippen LogP contribution in [0.4, 0.5) is 11.4 Å². The van der Waals surface area contributed by atoms with Gasteiger partial charge in [0.05, 0.1) is 22.8 Å². The third kappa shape index (κ3) is 8.40. The number of nitrogens with zero attached hydrogens (tertiary/aromatic N) is 2. The Bertz CT molecular complexity index is 1400. The normalized spacial score (nSPS) is 15.7. The average molecular weight is 614 g/mol. The SMILES string of the molecule is CC(=O)O.CCOc1ccc(NC(=O)CN2C(=O)C(=C3SC(=S)N(CCCCCC(=O)O)C3=O)c3ccccc32)cc1. The van der Waals surface area contributed by atoms with Crippen molar-refractivity contribution in [2.24, 2.45) is 0 Å². The third-order valence-corrected chi connectivity index (χ3v) is 7.47. The first-order valence-electron chi connectivity index (χ1n) is 13.2. The molecule has 11 nitrogen and oxygen atoms in total. The van der Waals surface area contributed by atoms with Gasteiger partial charge in [0.2, 0.25) is 5.91 Å². The van der Waals surface area contributed by atoms with Gasteiger partial charge in [-0.2, -0.15) is 0 Å². The fourth-order valence-electron chi connectivity index (χ4n) is 4.27. The maximum absolute atomic E-state index is 13.6. The van der Waals surface area contributed by atoms with Gasteiger partial charge in [0.15, 0.2) is 0 Å². The number of thiocarbonyl (C=S) groups is 1. The summed E-state index contributed by atoms with van der Waals surface area (Å²) in [5.74, 6) is -2.16. The Morgan fingerprint density at radius 1 is 0.952 bits per heavy atom. The molecule has 0 spiro atoms. The van der Waals surface area contributed by atoms with Crippen molar-refractivity contribution in [2.45, 2.75) is 39.5 Å². The third-order valence-electron chi connectivity index (χ3n) is 6.02. The fourth-order valence-corrected chi connectivity index (χ4v) is 5.65. The van der Waals surface area contributed by atoms with Crippen molar-refractivity contribution in [1.29, 1.82) is 0 Å². The number of benzene rings is 2. The van der Waals surface area contributed by atoms with Crippen LogP contribution in [-0.2, 0) is 24.0 Å². The minimum atomic E-state index is -0.850. The van der Waals surface area contributed by atoms with Gasteiger partial charge < -0.3 is 20.3 Å². The number of unbranched alkanes of at least 4 members (excludes halogenated alkanes) is 2. The molecule has 0 radical (unpaired) electrons. The second-order valence-corrected chi connectivity index (χ2v) is 10.8. The van der Waals surface area contributed by atoms with Gasteiger partial charge in [0, 0.05) is 31.1 Å². The lowest BCUT2D eigenvalue weighted by Crippen LogP contribution is -2.35. The predicted octanol–water partition coefficient (Wildman–Crippen LogP) is 4.38. The van der Waals surface area contributed by atoms with Gasteiger partial charge in [-0.05, 0) is 50.1 Å². The van der Waals surface area contributed by atoms with Crippen molar-refractivity contribution in [2.75, 3.05) is 29.9 Å². The number of rotatable bonds is 11. The number of para-hydroxylation sites is 1. The zero-order valence-electron chi connectivity index (χ0n) is 23.1. The molecule has 3 amide bonds. The minimum absolute atomic E-state index is 0.0791. The van der Waals surface area contributed by atoms with Crippen molar-refractivity contribution < 1.29 is 38.9 Å². The molecule has 1 fully saturated rings. The Morgan fingerprint density at radius 2 is 1.62 bits per heavy atom. The number of carbonyl (C=O) groups is 5. The summed E-state index contributed by atoms with van der Waals surface area (Å²) in [5, 5.41) is 19.0. The lowest BCUT2D eigenvalue weighted by molar-refractivity contribution is -0.137. The maximum Gasteiger partial charge on any atom is 0.303 e. The number of nitrogens with one attached hydrogen (secondary N) is 1. The van der Waals surface area contributed by atoms with E-state index in [1.165, 1.54) is 9.80 Å². The number of ether oxygens (including phenoxy) is 1. The number of carbonyl (C=O) groups excluding carboxylic acids is 3. The number of aliphatic carboxylic acids is 2. The van der Waals surface area contributed by atoms with Gasteiger partial charge in [-0.15, -0.1) is 0 Å². The number of anilines is 2. The Hall–Kier alpha value is -4.23. The molecular formula is C29H31N3O8S2. The van der Waals surface area contributed by atoms with Crippen LogP contribution in [-0.4, -0.2) is 68.8 Å². The molecule has 0 aliphatic carbocycles. The number of amides is 3. The first kappa shape index (κ1) is 32.3. The molecule has 0 unspecified atom stereocenters. The minimum Gasteiger partial charge on any atom is -0.494 e. The smallest absolute Gasteiger partial charge is 0.303 e. The molecule has 0 saturated carbocycles. The summed E-state index contributed by atoms with van der Waals surface area (Å²) < 4.78 is 5.77. The van der Waals surface area contributed by atoms with E-state index in [9.17, 15) is 19.2 Å². The number of hydrogen-bond donors (Lipinski definition) is 3. The van der Waals surface area contributed by atoms with Crippen LogP contribution < -0.4 is 15.0 Å². The highest BCUT2D eigenvalue weighted by Gasteiger charge is 2.42. The zero-order valence-corrected chi connectivity index (χ0v) is 24.8. The van der Waals surface area contributed by atoms with Gasteiger partial charge in [-0.1, -0.05) is 48.6 Å². The molecule has 222 valence electrons. The first-order chi connectivity index (χ1) is 20.0. The molecule has 4 rings (SSSR count). The quantitative estimate of drug-likeness (QED) is 0.189. The van der Waals surface area contributed by atoms with Gasteiger partial charge in [-0.3, -0.25) is 33.8 Å². The highest BCUT2D eigenvalue weighted by atomic mass is 32.2. The fraction of sp³-hybridized carbons (Fsp3) is 0.310. The van der Waals surface area contributed by atoms with Crippen molar-refractivity contribution in [1.82, 2.24) is 4.90 Å². The van der Waals surface area contributed by atoms with Crippen LogP contribution in [0.2, 0.25) is 0 Å². The number of carboxylic acids is 2. The van der Waals surface area contributed by atoms with Crippen LogP contribution in [0.25, 0.3) is 5.57 Å². The molecule has 0 atom stereocenters. The highest BCUT2D eigenvalue weighted by Crippen LogP contribution is 2.44. The number of thioether (sulfide) groups is 1. The zero-order chi connectivity index (χ0) is 30.8.